The van der Waals surface area contributed by atoms with Crippen LogP contribution in [-0.4, -0.2) is 78.6 Å². The van der Waals surface area contributed by atoms with E-state index in [0.717, 1.165) is 32.6 Å². The number of ether oxygens (including phenoxy) is 1. The number of nitrogens with one attached hydrogen (secondary N) is 1. The number of hydrogen-bond acceptors (Lipinski definition) is 5. The highest BCUT2D eigenvalue weighted by atomic mass is 19.1. The molecule has 2 amide bonds. The summed E-state index contributed by atoms with van der Waals surface area (Å²) in [5, 5.41) is 9.64. The summed E-state index contributed by atoms with van der Waals surface area (Å²) >= 11 is 0. The van der Waals surface area contributed by atoms with Crippen molar-refractivity contribution in [2.45, 2.75) is 25.3 Å². The second-order valence-electron chi connectivity index (χ2n) is 6.59. The molecular weight excluding hydrogens is 369 g/mol. The van der Waals surface area contributed by atoms with Gasteiger partial charge in [0.25, 0.3) is 6.47 Å². The molecule has 3 rings (SSSR count). The molecule has 0 saturated carbocycles. The molecule has 1 aromatic carbocycles. The van der Waals surface area contributed by atoms with Gasteiger partial charge in [-0.3, -0.25) is 19.3 Å². The van der Waals surface area contributed by atoms with Gasteiger partial charge in [-0.05, 0) is 37.1 Å². The van der Waals surface area contributed by atoms with Crippen LogP contribution in [-0.2, 0) is 14.4 Å². The van der Waals surface area contributed by atoms with Crippen LogP contribution in [0.4, 0.5) is 4.39 Å². The number of carbonyl (C=O) groups excluding carboxylic acids is 2. The Hall–Kier alpha value is -2.68. The first-order valence-corrected chi connectivity index (χ1v) is 9.30. The van der Waals surface area contributed by atoms with Crippen LogP contribution < -0.4 is 10.1 Å². The first-order chi connectivity index (χ1) is 13.5. The predicted octanol–water partition coefficient (Wildman–Crippen LogP) is 0.718. The van der Waals surface area contributed by atoms with Gasteiger partial charge in [-0.15, -0.1) is 0 Å². The number of carboxylic acid groups (broad SMARTS) is 1. The Balaban J connectivity index is 0.000000878. The third-order valence-electron chi connectivity index (χ3n) is 4.68. The summed E-state index contributed by atoms with van der Waals surface area (Å²) in [6.07, 6.45) is 1.95. The van der Waals surface area contributed by atoms with Crippen molar-refractivity contribution in [2.75, 3.05) is 39.3 Å². The number of hydrogen-bond donors (Lipinski definition) is 2. The van der Waals surface area contributed by atoms with Crippen molar-refractivity contribution >= 4 is 18.3 Å². The smallest absolute Gasteiger partial charge is 0.290 e. The molecule has 2 heterocycles. The lowest BCUT2D eigenvalue weighted by Gasteiger charge is -2.24. The first kappa shape index (κ1) is 21.6. The molecular formula is C19H26FN3O5. The minimum Gasteiger partial charge on any atom is -0.492 e. The van der Waals surface area contributed by atoms with E-state index in [1.165, 1.54) is 12.1 Å². The summed E-state index contributed by atoms with van der Waals surface area (Å²) in [4.78, 5) is 36.2. The van der Waals surface area contributed by atoms with Crippen molar-refractivity contribution in [3.8, 4) is 5.75 Å². The maximum atomic E-state index is 12.9. The molecule has 2 N–H and O–H groups in total. The van der Waals surface area contributed by atoms with Gasteiger partial charge in [0.15, 0.2) is 0 Å². The van der Waals surface area contributed by atoms with Crippen molar-refractivity contribution in [1.82, 2.24) is 15.1 Å². The number of carbonyl (C=O) groups is 3. The van der Waals surface area contributed by atoms with Crippen LogP contribution in [0.15, 0.2) is 24.3 Å². The summed E-state index contributed by atoms with van der Waals surface area (Å²) in [7, 11) is 0. The van der Waals surface area contributed by atoms with E-state index in [1.54, 1.807) is 12.1 Å². The van der Waals surface area contributed by atoms with E-state index in [4.69, 9.17) is 14.6 Å². The van der Waals surface area contributed by atoms with Crippen LogP contribution in [0, 0.1) is 5.82 Å². The van der Waals surface area contributed by atoms with E-state index >= 15 is 0 Å². The summed E-state index contributed by atoms with van der Waals surface area (Å²) < 4.78 is 18.5. The van der Waals surface area contributed by atoms with E-state index in [9.17, 15) is 14.0 Å². The highest BCUT2D eigenvalue weighted by Gasteiger charge is 2.31. The summed E-state index contributed by atoms with van der Waals surface area (Å²) in [6.45, 7) is 4.13. The molecule has 1 atom stereocenters. The fourth-order valence-electron chi connectivity index (χ4n) is 3.26. The van der Waals surface area contributed by atoms with Crippen LogP contribution in [0.1, 0.15) is 19.3 Å². The number of rotatable bonds is 5. The zero-order valence-corrected chi connectivity index (χ0v) is 15.7. The van der Waals surface area contributed by atoms with Crippen molar-refractivity contribution in [3.05, 3.63) is 30.1 Å². The molecule has 2 fully saturated rings. The number of benzene rings is 1. The third-order valence-corrected chi connectivity index (χ3v) is 4.68. The first-order valence-electron chi connectivity index (χ1n) is 9.30. The molecule has 8 nitrogen and oxygen atoms in total. The van der Waals surface area contributed by atoms with Crippen molar-refractivity contribution in [1.29, 1.82) is 0 Å². The quantitative estimate of drug-likeness (QED) is 0.713. The number of halogens is 1. The topological polar surface area (TPSA) is 99.2 Å². The molecule has 0 bridgehead atoms. The van der Waals surface area contributed by atoms with Gasteiger partial charge in [0.2, 0.25) is 11.8 Å². The van der Waals surface area contributed by atoms with Gasteiger partial charge in [-0.25, -0.2) is 4.39 Å². The largest absolute Gasteiger partial charge is 0.492 e. The second kappa shape index (κ2) is 11.2. The fourth-order valence-corrected chi connectivity index (χ4v) is 3.26. The Kier molecular flexibility index (Phi) is 8.67. The molecule has 0 aromatic heterocycles. The molecule has 9 heteroatoms. The Morgan fingerprint density at radius 2 is 1.96 bits per heavy atom. The van der Waals surface area contributed by atoms with Crippen LogP contribution in [0.5, 0.6) is 5.75 Å². The monoisotopic (exact) mass is 395 g/mol. The molecule has 2 aliphatic rings. The third kappa shape index (κ3) is 6.80. The van der Waals surface area contributed by atoms with Crippen LogP contribution in [0.25, 0.3) is 0 Å². The lowest BCUT2D eigenvalue weighted by Crippen LogP contribution is -2.46. The van der Waals surface area contributed by atoms with E-state index in [1.807, 2.05) is 4.90 Å². The van der Waals surface area contributed by atoms with Gasteiger partial charge in [0, 0.05) is 39.1 Å². The summed E-state index contributed by atoms with van der Waals surface area (Å²) in [6, 6.07) is 5.65. The van der Waals surface area contributed by atoms with Crippen LogP contribution in [0.3, 0.4) is 0 Å². The number of nitrogens with zero attached hydrogens (tertiary/aromatic N) is 2. The molecule has 154 valence electrons. The highest BCUT2D eigenvalue weighted by molar-refractivity contribution is 5.90. The minimum atomic E-state index is -0.346. The van der Waals surface area contributed by atoms with Gasteiger partial charge in [0.05, 0.1) is 0 Å². The maximum Gasteiger partial charge on any atom is 0.290 e. The molecule has 0 spiro atoms. The fraction of sp³-hybridized carbons (Fsp3) is 0.526. The zero-order chi connectivity index (χ0) is 20.4. The van der Waals surface area contributed by atoms with Gasteiger partial charge in [-0.1, -0.05) is 0 Å². The summed E-state index contributed by atoms with van der Waals surface area (Å²) in [5.41, 5.74) is 0. The maximum absolute atomic E-state index is 12.9. The van der Waals surface area contributed by atoms with Crippen LogP contribution in [0.2, 0.25) is 0 Å². The van der Waals surface area contributed by atoms with Gasteiger partial charge in [-0.2, -0.15) is 0 Å². The Morgan fingerprint density at radius 1 is 1.25 bits per heavy atom. The Labute approximate surface area is 163 Å². The predicted molar refractivity (Wildman–Crippen MR) is 99.4 cm³/mol. The van der Waals surface area contributed by atoms with E-state index in [0.29, 0.717) is 31.7 Å². The molecule has 0 aliphatic carbocycles. The number of amides is 2. The molecule has 0 radical (unpaired) electrons. The second-order valence-corrected chi connectivity index (χ2v) is 6.59. The lowest BCUT2D eigenvalue weighted by molar-refractivity contribution is -0.134. The zero-order valence-electron chi connectivity index (χ0n) is 15.7. The summed E-state index contributed by atoms with van der Waals surface area (Å²) in [5.74, 6) is 0.385. The van der Waals surface area contributed by atoms with Crippen LogP contribution >= 0.6 is 0 Å². The SMILES string of the molecule is O=C1CCC(C(=O)N2CCCN(CCOc3ccc(F)cc3)CC2)N1.O=CO. The van der Waals surface area contributed by atoms with Crippen molar-refractivity contribution in [2.24, 2.45) is 0 Å². The normalized spacial score (nSPS) is 19.8. The van der Waals surface area contributed by atoms with E-state index in [-0.39, 0.29) is 30.1 Å². The van der Waals surface area contributed by atoms with E-state index < -0.39 is 0 Å². The molecule has 28 heavy (non-hydrogen) atoms. The average Bonchev–Trinajstić information content (AvgIpc) is 2.98. The van der Waals surface area contributed by atoms with Gasteiger partial charge < -0.3 is 20.1 Å². The molecule has 2 saturated heterocycles. The molecule has 1 unspecified atom stereocenters. The molecule has 1 aromatic rings. The Morgan fingerprint density at radius 3 is 2.61 bits per heavy atom. The minimum absolute atomic E-state index is 0.0345. The van der Waals surface area contributed by atoms with Gasteiger partial charge >= 0.3 is 0 Å². The Bertz CT molecular complexity index is 655. The van der Waals surface area contributed by atoms with Gasteiger partial charge in [0.1, 0.15) is 24.2 Å². The molecule has 2 aliphatic heterocycles. The average molecular weight is 395 g/mol. The highest BCUT2D eigenvalue weighted by Crippen LogP contribution is 2.13. The van der Waals surface area contributed by atoms with E-state index in [2.05, 4.69) is 10.2 Å². The standard InChI is InChI=1S/C18H24FN3O3.CH2O2/c19-14-2-4-15(5-3-14)25-13-12-21-8-1-9-22(11-10-21)18(24)16-6-7-17(23)20-16;2-1-3/h2-5,16H,1,6-13H2,(H,20,23);1H,(H,2,3). The van der Waals surface area contributed by atoms with Crippen molar-refractivity contribution in [3.63, 3.8) is 0 Å². The van der Waals surface area contributed by atoms with Crippen molar-refractivity contribution < 1.29 is 28.6 Å². The lowest BCUT2D eigenvalue weighted by atomic mass is 10.2.